The standard InChI is InChI=1S/C15H21Cl2NS/c1-3-19-15-6-4-5-14(15)18-10(2)12-9-11(16)7-8-13(12)17/h7-10,14-15,18H,3-6H2,1-2H3. The summed E-state index contributed by atoms with van der Waals surface area (Å²) in [5.74, 6) is 1.19. The highest BCUT2D eigenvalue weighted by molar-refractivity contribution is 7.99. The molecule has 4 heteroatoms. The molecule has 106 valence electrons. The van der Waals surface area contributed by atoms with Gasteiger partial charge in [0.2, 0.25) is 0 Å². The smallest absolute Gasteiger partial charge is 0.0454 e. The fourth-order valence-corrected chi connectivity index (χ4v) is 4.46. The molecular weight excluding hydrogens is 297 g/mol. The number of hydrogen-bond donors (Lipinski definition) is 1. The van der Waals surface area contributed by atoms with Gasteiger partial charge in [-0.3, -0.25) is 0 Å². The quantitative estimate of drug-likeness (QED) is 0.789. The predicted octanol–water partition coefficient (Wildman–Crippen LogP) is 5.32. The number of thioether (sulfide) groups is 1. The van der Waals surface area contributed by atoms with Crippen molar-refractivity contribution in [2.75, 3.05) is 5.75 Å². The van der Waals surface area contributed by atoms with Crippen molar-refractivity contribution in [3.63, 3.8) is 0 Å². The second kappa shape index (κ2) is 7.21. The average Bonchev–Trinajstić information content (AvgIpc) is 2.80. The molecular formula is C15H21Cl2NS. The predicted molar refractivity (Wildman–Crippen MR) is 87.6 cm³/mol. The van der Waals surface area contributed by atoms with Gasteiger partial charge >= 0.3 is 0 Å². The molecule has 1 aliphatic carbocycles. The van der Waals surface area contributed by atoms with Crippen LogP contribution in [0.5, 0.6) is 0 Å². The van der Waals surface area contributed by atoms with Crippen LogP contribution >= 0.6 is 35.0 Å². The van der Waals surface area contributed by atoms with Crippen LogP contribution in [0.15, 0.2) is 18.2 Å². The lowest BCUT2D eigenvalue weighted by Gasteiger charge is -2.25. The molecule has 0 radical (unpaired) electrons. The number of rotatable bonds is 5. The fraction of sp³-hybridized carbons (Fsp3) is 0.600. The van der Waals surface area contributed by atoms with Crippen LogP contribution in [0, 0.1) is 0 Å². The van der Waals surface area contributed by atoms with E-state index in [2.05, 4.69) is 30.9 Å². The van der Waals surface area contributed by atoms with Crippen LogP contribution in [0.2, 0.25) is 10.0 Å². The molecule has 1 aliphatic rings. The summed E-state index contributed by atoms with van der Waals surface area (Å²) < 4.78 is 0. The number of halogens is 2. The van der Waals surface area contributed by atoms with Gasteiger partial charge in [-0.1, -0.05) is 36.5 Å². The fourth-order valence-electron chi connectivity index (χ4n) is 2.79. The van der Waals surface area contributed by atoms with E-state index in [0.29, 0.717) is 6.04 Å². The first kappa shape index (κ1) is 15.5. The molecule has 0 heterocycles. The zero-order valence-electron chi connectivity index (χ0n) is 11.5. The van der Waals surface area contributed by atoms with Gasteiger partial charge in [0.05, 0.1) is 0 Å². The molecule has 1 aromatic carbocycles. The molecule has 0 aromatic heterocycles. The minimum absolute atomic E-state index is 0.245. The molecule has 1 aromatic rings. The van der Waals surface area contributed by atoms with Crippen molar-refractivity contribution in [2.45, 2.75) is 50.4 Å². The maximum Gasteiger partial charge on any atom is 0.0454 e. The number of nitrogens with one attached hydrogen (secondary N) is 1. The Morgan fingerprint density at radius 3 is 2.89 bits per heavy atom. The minimum atomic E-state index is 0.245. The number of benzene rings is 1. The van der Waals surface area contributed by atoms with Gasteiger partial charge in [-0.15, -0.1) is 0 Å². The molecule has 0 spiro atoms. The summed E-state index contributed by atoms with van der Waals surface area (Å²) in [6.07, 6.45) is 3.91. The molecule has 1 saturated carbocycles. The Balaban J connectivity index is 2.03. The molecule has 3 unspecified atom stereocenters. The van der Waals surface area contributed by atoms with Crippen molar-refractivity contribution in [3.05, 3.63) is 33.8 Å². The van der Waals surface area contributed by atoms with Gasteiger partial charge in [0, 0.05) is 27.4 Å². The Kier molecular flexibility index (Phi) is 5.88. The molecule has 1 fully saturated rings. The Labute approximate surface area is 130 Å². The van der Waals surface area contributed by atoms with E-state index in [1.54, 1.807) is 0 Å². The average molecular weight is 318 g/mol. The second-order valence-electron chi connectivity index (χ2n) is 5.09. The van der Waals surface area contributed by atoms with E-state index < -0.39 is 0 Å². The Bertz CT molecular complexity index is 425. The third-order valence-electron chi connectivity index (χ3n) is 3.72. The Morgan fingerprint density at radius 1 is 1.37 bits per heavy atom. The third kappa shape index (κ3) is 4.04. The summed E-state index contributed by atoms with van der Waals surface area (Å²) in [6.45, 7) is 4.40. The lowest BCUT2D eigenvalue weighted by atomic mass is 10.1. The zero-order valence-corrected chi connectivity index (χ0v) is 13.8. The molecule has 3 atom stereocenters. The van der Waals surface area contributed by atoms with Gasteiger partial charge in [0.1, 0.15) is 0 Å². The first-order chi connectivity index (χ1) is 9.11. The van der Waals surface area contributed by atoms with E-state index in [9.17, 15) is 0 Å². The molecule has 0 saturated heterocycles. The summed E-state index contributed by atoms with van der Waals surface area (Å²) >= 11 is 14.4. The summed E-state index contributed by atoms with van der Waals surface area (Å²) in [4.78, 5) is 0. The van der Waals surface area contributed by atoms with Crippen LogP contribution in [0.25, 0.3) is 0 Å². The van der Waals surface area contributed by atoms with E-state index in [-0.39, 0.29) is 6.04 Å². The topological polar surface area (TPSA) is 12.0 Å². The Morgan fingerprint density at radius 2 is 2.16 bits per heavy atom. The SMILES string of the molecule is CCSC1CCCC1NC(C)c1cc(Cl)ccc1Cl. The maximum absolute atomic E-state index is 6.27. The van der Waals surface area contributed by atoms with Gasteiger partial charge in [0.15, 0.2) is 0 Å². The molecule has 0 aliphatic heterocycles. The van der Waals surface area contributed by atoms with Crippen LogP contribution in [-0.4, -0.2) is 17.0 Å². The normalized spacial score (nSPS) is 24.6. The largest absolute Gasteiger partial charge is 0.306 e. The van der Waals surface area contributed by atoms with Crippen molar-refractivity contribution in [1.29, 1.82) is 0 Å². The van der Waals surface area contributed by atoms with Gasteiger partial charge in [-0.2, -0.15) is 11.8 Å². The Hall–Kier alpha value is 0.110. The summed E-state index contributed by atoms with van der Waals surface area (Å²) in [5, 5.41) is 6.02. The van der Waals surface area contributed by atoms with Gasteiger partial charge < -0.3 is 5.32 Å². The monoisotopic (exact) mass is 317 g/mol. The van der Waals surface area contributed by atoms with Gasteiger partial charge in [-0.25, -0.2) is 0 Å². The summed E-state index contributed by atoms with van der Waals surface area (Å²) in [7, 11) is 0. The van der Waals surface area contributed by atoms with E-state index in [4.69, 9.17) is 23.2 Å². The van der Waals surface area contributed by atoms with Crippen LogP contribution in [-0.2, 0) is 0 Å². The van der Waals surface area contributed by atoms with Crippen molar-refractivity contribution in [3.8, 4) is 0 Å². The molecule has 2 rings (SSSR count). The summed E-state index contributed by atoms with van der Waals surface area (Å²) in [5.41, 5.74) is 1.10. The molecule has 0 amide bonds. The highest BCUT2D eigenvalue weighted by Crippen LogP contribution is 2.33. The lowest BCUT2D eigenvalue weighted by Crippen LogP contribution is -2.36. The van der Waals surface area contributed by atoms with E-state index >= 15 is 0 Å². The van der Waals surface area contributed by atoms with Gasteiger partial charge in [-0.05, 0) is 49.3 Å². The van der Waals surface area contributed by atoms with Crippen molar-refractivity contribution in [2.24, 2.45) is 0 Å². The van der Waals surface area contributed by atoms with Crippen molar-refractivity contribution in [1.82, 2.24) is 5.32 Å². The lowest BCUT2D eigenvalue weighted by molar-refractivity contribution is 0.467. The first-order valence-electron chi connectivity index (χ1n) is 6.94. The van der Waals surface area contributed by atoms with E-state index in [1.807, 2.05) is 18.2 Å². The second-order valence-corrected chi connectivity index (χ2v) is 7.45. The molecule has 0 bridgehead atoms. The molecule has 19 heavy (non-hydrogen) atoms. The van der Waals surface area contributed by atoms with Crippen molar-refractivity contribution < 1.29 is 0 Å². The van der Waals surface area contributed by atoms with E-state index in [1.165, 1.54) is 25.0 Å². The highest BCUT2D eigenvalue weighted by atomic mass is 35.5. The zero-order chi connectivity index (χ0) is 13.8. The third-order valence-corrected chi connectivity index (χ3v) is 5.63. The van der Waals surface area contributed by atoms with Crippen LogP contribution in [0.3, 0.4) is 0 Å². The van der Waals surface area contributed by atoms with Crippen molar-refractivity contribution >= 4 is 35.0 Å². The molecule has 1 nitrogen and oxygen atoms in total. The highest BCUT2D eigenvalue weighted by Gasteiger charge is 2.28. The van der Waals surface area contributed by atoms with E-state index in [0.717, 1.165) is 20.9 Å². The van der Waals surface area contributed by atoms with Crippen LogP contribution < -0.4 is 5.32 Å². The number of hydrogen-bond acceptors (Lipinski definition) is 2. The molecule has 1 N–H and O–H groups in total. The maximum atomic E-state index is 6.27. The minimum Gasteiger partial charge on any atom is -0.306 e. The van der Waals surface area contributed by atoms with Crippen LogP contribution in [0.1, 0.15) is 44.7 Å². The van der Waals surface area contributed by atoms with Crippen LogP contribution in [0.4, 0.5) is 0 Å². The summed E-state index contributed by atoms with van der Waals surface area (Å²) in [6, 6.07) is 6.53. The van der Waals surface area contributed by atoms with Gasteiger partial charge in [0.25, 0.3) is 0 Å². The first-order valence-corrected chi connectivity index (χ1v) is 8.75.